The summed E-state index contributed by atoms with van der Waals surface area (Å²) in [5, 5.41) is 0. The Kier molecular flexibility index (Phi) is 6.66. The van der Waals surface area contributed by atoms with Crippen LogP contribution in [0.3, 0.4) is 0 Å². The van der Waals surface area contributed by atoms with Gasteiger partial charge in [0.15, 0.2) is 11.5 Å². The molecule has 30 heavy (non-hydrogen) atoms. The Labute approximate surface area is 175 Å². The maximum atomic E-state index is 13.0. The molecular weight excluding hydrogens is 388 g/mol. The Hall–Kier alpha value is -3.42. The molecule has 2 aromatic rings. The van der Waals surface area contributed by atoms with E-state index in [1.165, 1.54) is 21.3 Å². The molecule has 0 unspecified atom stereocenters. The Bertz CT molecular complexity index is 922. The van der Waals surface area contributed by atoms with Gasteiger partial charge in [-0.15, -0.1) is 0 Å². The minimum atomic E-state index is -0.153. The number of piperazine rings is 1. The van der Waals surface area contributed by atoms with E-state index in [1.54, 1.807) is 53.3 Å². The summed E-state index contributed by atoms with van der Waals surface area (Å²) in [5.74, 6) is 1.70. The van der Waals surface area contributed by atoms with Crippen LogP contribution in [0.1, 0.15) is 20.7 Å². The fourth-order valence-corrected chi connectivity index (χ4v) is 3.48. The van der Waals surface area contributed by atoms with Gasteiger partial charge < -0.3 is 28.7 Å². The standard InChI is InChI=1S/C22H26N2O6/c1-27-15-8-9-16(19(14-15)29-3)21(25)23-10-12-24(13-11-23)22(26)17-6-5-7-18(28-2)20(17)30-4/h5-9,14H,10-13H2,1-4H3. The van der Waals surface area contributed by atoms with Crippen molar-refractivity contribution in [2.75, 3.05) is 54.6 Å². The summed E-state index contributed by atoms with van der Waals surface area (Å²) in [7, 11) is 6.12. The van der Waals surface area contributed by atoms with E-state index in [2.05, 4.69) is 0 Å². The molecular formula is C22H26N2O6. The number of rotatable bonds is 6. The highest BCUT2D eigenvalue weighted by atomic mass is 16.5. The fraction of sp³-hybridized carbons (Fsp3) is 0.364. The van der Waals surface area contributed by atoms with Gasteiger partial charge in [0.25, 0.3) is 11.8 Å². The zero-order valence-corrected chi connectivity index (χ0v) is 17.6. The summed E-state index contributed by atoms with van der Waals surface area (Å²) in [4.78, 5) is 29.4. The Balaban J connectivity index is 1.71. The van der Waals surface area contributed by atoms with Crippen LogP contribution in [0.4, 0.5) is 0 Å². The van der Waals surface area contributed by atoms with E-state index in [0.717, 1.165) is 0 Å². The second-order valence-electron chi connectivity index (χ2n) is 6.69. The van der Waals surface area contributed by atoms with Gasteiger partial charge in [0.2, 0.25) is 0 Å². The lowest BCUT2D eigenvalue weighted by Crippen LogP contribution is -2.50. The van der Waals surface area contributed by atoms with Crippen LogP contribution < -0.4 is 18.9 Å². The number of carbonyl (C=O) groups excluding carboxylic acids is 2. The molecule has 160 valence electrons. The van der Waals surface area contributed by atoms with Crippen molar-refractivity contribution in [2.45, 2.75) is 0 Å². The maximum absolute atomic E-state index is 13.0. The van der Waals surface area contributed by atoms with Crippen molar-refractivity contribution in [3.8, 4) is 23.0 Å². The summed E-state index contributed by atoms with van der Waals surface area (Å²) >= 11 is 0. The summed E-state index contributed by atoms with van der Waals surface area (Å²) in [6.07, 6.45) is 0. The molecule has 1 saturated heterocycles. The number of amides is 2. The van der Waals surface area contributed by atoms with Crippen LogP contribution >= 0.6 is 0 Å². The van der Waals surface area contributed by atoms with Gasteiger partial charge in [-0.25, -0.2) is 0 Å². The topological polar surface area (TPSA) is 77.5 Å². The normalized spacial score (nSPS) is 13.6. The smallest absolute Gasteiger partial charge is 0.257 e. The van der Waals surface area contributed by atoms with Crippen molar-refractivity contribution in [2.24, 2.45) is 0 Å². The summed E-state index contributed by atoms with van der Waals surface area (Å²) in [5.41, 5.74) is 0.904. The number of para-hydroxylation sites is 1. The van der Waals surface area contributed by atoms with Crippen LogP contribution in [0, 0.1) is 0 Å². The summed E-state index contributed by atoms with van der Waals surface area (Å²) in [6, 6.07) is 10.3. The van der Waals surface area contributed by atoms with Crippen LogP contribution in [0.5, 0.6) is 23.0 Å². The molecule has 8 heteroatoms. The minimum Gasteiger partial charge on any atom is -0.497 e. The quantitative estimate of drug-likeness (QED) is 0.722. The Morgan fingerprint density at radius 3 is 1.83 bits per heavy atom. The van der Waals surface area contributed by atoms with Crippen molar-refractivity contribution in [1.82, 2.24) is 9.80 Å². The van der Waals surface area contributed by atoms with E-state index >= 15 is 0 Å². The maximum Gasteiger partial charge on any atom is 0.257 e. The molecule has 0 bridgehead atoms. The molecule has 2 aromatic carbocycles. The number of hydrogen-bond donors (Lipinski definition) is 0. The lowest BCUT2D eigenvalue weighted by molar-refractivity contribution is 0.0531. The number of methoxy groups -OCH3 is 4. The second kappa shape index (κ2) is 9.39. The summed E-state index contributed by atoms with van der Waals surface area (Å²) in [6.45, 7) is 1.69. The molecule has 0 saturated carbocycles. The molecule has 1 heterocycles. The Morgan fingerprint density at radius 2 is 1.30 bits per heavy atom. The number of nitrogens with zero attached hydrogens (tertiary/aromatic N) is 2. The van der Waals surface area contributed by atoms with Crippen molar-refractivity contribution in [1.29, 1.82) is 0 Å². The third-order valence-corrected chi connectivity index (χ3v) is 5.13. The first-order valence-corrected chi connectivity index (χ1v) is 9.55. The third-order valence-electron chi connectivity index (χ3n) is 5.13. The average Bonchev–Trinajstić information content (AvgIpc) is 2.82. The molecule has 0 atom stereocenters. The monoisotopic (exact) mass is 414 g/mol. The first kappa shape index (κ1) is 21.3. The largest absolute Gasteiger partial charge is 0.497 e. The van der Waals surface area contributed by atoms with Crippen molar-refractivity contribution in [3.63, 3.8) is 0 Å². The van der Waals surface area contributed by atoms with Crippen molar-refractivity contribution >= 4 is 11.8 Å². The first-order chi connectivity index (χ1) is 14.5. The molecule has 1 fully saturated rings. The van der Waals surface area contributed by atoms with E-state index in [-0.39, 0.29) is 11.8 Å². The van der Waals surface area contributed by atoms with Crippen LogP contribution in [0.15, 0.2) is 36.4 Å². The highest BCUT2D eigenvalue weighted by Crippen LogP contribution is 2.32. The highest BCUT2D eigenvalue weighted by Gasteiger charge is 2.29. The third kappa shape index (κ3) is 4.12. The zero-order chi connectivity index (χ0) is 21.7. The van der Waals surface area contributed by atoms with Crippen molar-refractivity contribution < 1.29 is 28.5 Å². The second-order valence-corrected chi connectivity index (χ2v) is 6.69. The molecule has 1 aliphatic heterocycles. The number of ether oxygens (including phenoxy) is 4. The van der Waals surface area contributed by atoms with Gasteiger partial charge in [-0.05, 0) is 24.3 Å². The predicted molar refractivity (Wildman–Crippen MR) is 111 cm³/mol. The summed E-state index contributed by atoms with van der Waals surface area (Å²) < 4.78 is 21.2. The van der Waals surface area contributed by atoms with Crippen LogP contribution in [0.25, 0.3) is 0 Å². The van der Waals surface area contributed by atoms with Gasteiger partial charge in [-0.2, -0.15) is 0 Å². The molecule has 2 amide bonds. The average molecular weight is 414 g/mol. The van der Waals surface area contributed by atoms with Gasteiger partial charge in [0, 0.05) is 32.2 Å². The minimum absolute atomic E-state index is 0.138. The van der Waals surface area contributed by atoms with Gasteiger partial charge in [0.1, 0.15) is 11.5 Å². The van der Waals surface area contributed by atoms with Gasteiger partial charge in [0.05, 0.1) is 39.6 Å². The lowest BCUT2D eigenvalue weighted by Gasteiger charge is -2.35. The van der Waals surface area contributed by atoms with E-state index < -0.39 is 0 Å². The number of hydrogen-bond acceptors (Lipinski definition) is 6. The van der Waals surface area contributed by atoms with E-state index in [0.29, 0.717) is 60.3 Å². The molecule has 0 radical (unpaired) electrons. The van der Waals surface area contributed by atoms with Crippen LogP contribution in [0.2, 0.25) is 0 Å². The molecule has 3 rings (SSSR count). The number of benzene rings is 2. The predicted octanol–water partition coefficient (Wildman–Crippen LogP) is 2.32. The molecule has 1 aliphatic rings. The molecule has 0 aromatic heterocycles. The van der Waals surface area contributed by atoms with E-state index in [9.17, 15) is 9.59 Å². The first-order valence-electron chi connectivity index (χ1n) is 9.55. The van der Waals surface area contributed by atoms with E-state index in [4.69, 9.17) is 18.9 Å². The van der Waals surface area contributed by atoms with Crippen molar-refractivity contribution in [3.05, 3.63) is 47.5 Å². The molecule has 0 spiro atoms. The van der Waals surface area contributed by atoms with Gasteiger partial charge >= 0.3 is 0 Å². The number of carbonyl (C=O) groups is 2. The fourth-order valence-electron chi connectivity index (χ4n) is 3.48. The highest BCUT2D eigenvalue weighted by molar-refractivity contribution is 5.99. The zero-order valence-electron chi connectivity index (χ0n) is 17.6. The SMILES string of the molecule is COc1ccc(C(=O)N2CCN(C(=O)c3cccc(OC)c3OC)CC2)c(OC)c1. The molecule has 0 N–H and O–H groups in total. The van der Waals surface area contributed by atoms with E-state index in [1.807, 2.05) is 0 Å². The Morgan fingerprint density at radius 1 is 0.700 bits per heavy atom. The molecule has 8 nitrogen and oxygen atoms in total. The van der Waals surface area contributed by atoms with Gasteiger partial charge in [-0.1, -0.05) is 6.07 Å². The van der Waals surface area contributed by atoms with Crippen LogP contribution in [-0.4, -0.2) is 76.2 Å². The molecule has 0 aliphatic carbocycles. The van der Waals surface area contributed by atoms with Crippen LogP contribution in [-0.2, 0) is 0 Å². The lowest BCUT2D eigenvalue weighted by atomic mass is 10.1. The van der Waals surface area contributed by atoms with Gasteiger partial charge in [-0.3, -0.25) is 9.59 Å².